The second kappa shape index (κ2) is 9.04. The van der Waals surface area contributed by atoms with Gasteiger partial charge in [-0.2, -0.15) is 0 Å². The molecule has 0 spiro atoms. The minimum atomic E-state index is -0.125. The third kappa shape index (κ3) is 5.46. The number of hydrogen-bond acceptors (Lipinski definition) is 6. The molecule has 0 saturated heterocycles. The van der Waals surface area contributed by atoms with Gasteiger partial charge in [-0.25, -0.2) is 0 Å². The first-order valence-corrected chi connectivity index (χ1v) is 9.85. The van der Waals surface area contributed by atoms with Gasteiger partial charge >= 0.3 is 0 Å². The molecule has 0 bridgehead atoms. The van der Waals surface area contributed by atoms with Crippen LogP contribution in [0.4, 0.5) is 5.69 Å². The van der Waals surface area contributed by atoms with Crippen LogP contribution in [0.2, 0.25) is 0 Å². The molecule has 1 amide bonds. The van der Waals surface area contributed by atoms with Crippen molar-refractivity contribution >= 4 is 45.9 Å². The molecule has 0 atom stereocenters. The van der Waals surface area contributed by atoms with Crippen LogP contribution in [0, 0.1) is 10.5 Å². The van der Waals surface area contributed by atoms with Crippen molar-refractivity contribution in [1.29, 1.82) is 0 Å². The van der Waals surface area contributed by atoms with Gasteiger partial charge in [0.15, 0.2) is 6.61 Å². The van der Waals surface area contributed by atoms with Crippen LogP contribution in [0.15, 0.2) is 58.2 Å². The number of ether oxygens (including phenoxy) is 1. The molecule has 0 aliphatic heterocycles. The van der Waals surface area contributed by atoms with Crippen LogP contribution in [0.3, 0.4) is 0 Å². The number of nitrogens with zero attached hydrogens (tertiary/aromatic N) is 2. The first kappa shape index (κ1) is 18.7. The number of hydrogen-bond donors (Lipinski definition) is 1. The zero-order valence-electron chi connectivity index (χ0n) is 13.9. The molecule has 0 aliphatic rings. The molecule has 0 unspecified atom stereocenters. The van der Waals surface area contributed by atoms with Gasteiger partial charge in [-0.05, 0) is 65.4 Å². The Kier molecular flexibility index (Phi) is 6.51. The summed E-state index contributed by atoms with van der Waals surface area (Å²) in [5.74, 6) is 1.16. The lowest BCUT2D eigenvalue weighted by Crippen LogP contribution is -2.14. The van der Waals surface area contributed by atoms with E-state index in [2.05, 4.69) is 38.1 Å². The van der Waals surface area contributed by atoms with Gasteiger partial charge in [-0.3, -0.25) is 4.79 Å². The highest BCUT2D eigenvalue weighted by Gasteiger charge is 2.11. The number of nitrogens with one attached hydrogen (secondary N) is 1. The van der Waals surface area contributed by atoms with E-state index >= 15 is 0 Å². The molecule has 8 heteroatoms. The summed E-state index contributed by atoms with van der Waals surface area (Å²) in [5, 5.41) is 11.1. The smallest absolute Gasteiger partial charge is 0.277 e. The van der Waals surface area contributed by atoms with Crippen LogP contribution in [0.5, 0.6) is 5.75 Å². The summed E-state index contributed by atoms with van der Waals surface area (Å²) >= 11 is 3.43. The minimum Gasteiger partial charge on any atom is -0.484 e. The van der Waals surface area contributed by atoms with Gasteiger partial charge < -0.3 is 14.5 Å². The summed E-state index contributed by atoms with van der Waals surface area (Å²) in [5.41, 5.74) is 1.83. The van der Waals surface area contributed by atoms with E-state index in [1.54, 1.807) is 0 Å². The van der Waals surface area contributed by atoms with Crippen molar-refractivity contribution in [2.24, 2.45) is 0 Å². The normalized spacial score (nSPS) is 10.5. The first-order valence-electron chi connectivity index (χ1n) is 7.79. The summed E-state index contributed by atoms with van der Waals surface area (Å²) in [4.78, 5) is 12.1. The Bertz CT molecular complexity index is 886. The molecule has 1 heterocycles. The maximum Gasteiger partial charge on any atom is 0.277 e. The number of thioether (sulfide) groups is 1. The summed E-state index contributed by atoms with van der Waals surface area (Å²) in [7, 11) is 0. The summed E-state index contributed by atoms with van der Waals surface area (Å²) in [6.45, 7) is 2.15. The van der Waals surface area contributed by atoms with Crippen LogP contribution in [0.25, 0.3) is 0 Å². The standard InChI is InChI=1S/C18H16IN3O3S/c1-12-9-13(19)7-8-15(12)20-16(23)11-26-18-22-21-17(25-18)10-24-14-5-3-2-4-6-14/h2-9H,10-11H2,1H3,(H,20,23). The monoisotopic (exact) mass is 481 g/mol. The van der Waals surface area contributed by atoms with Crippen molar-refractivity contribution < 1.29 is 13.9 Å². The zero-order valence-corrected chi connectivity index (χ0v) is 16.9. The zero-order chi connectivity index (χ0) is 18.4. The van der Waals surface area contributed by atoms with Gasteiger partial charge in [0, 0.05) is 9.26 Å². The Balaban J connectivity index is 1.47. The van der Waals surface area contributed by atoms with Crippen LogP contribution < -0.4 is 10.1 Å². The molecule has 0 fully saturated rings. The highest BCUT2D eigenvalue weighted by atomic mass is 127. The van der Waals surface area contributed by atoms with E-state index < -0.39 is 0 Å². The van der Waals surface area contributed by atoms with Crippen LogP contribution >= 0.6 is 34.4 Å². The lowest BCUT2D eigenvalue weighted by molar-refractivity contribution is -0.113. The van der Waals surface area contributed by atoms with Gasteiger partial charge in [0.1, 0.15) is 5.75 Å². The van der Waals surface area contributed by atoms with Crippen molar-refractivity contribution in [3.8, 4) is 5.75 Å². The fourth-order valence-corrected chi connectivity index (χ4v) is 3.32. The van der Waals surface area contributed by atoms with Gasteiger partial charge in [0.2, 0.25) is 5.91 Å². The van der Waals surface area contributed by atoms with Gasteiger partial charge in [0.05, 0.1) is 5.75 Å². The van der Waals surface area contributed by atoms with E-state index in [-0.39, 0.29) is 18.3 Å². The van der Waals surface area contributed by atoms with Gasteiger partial charge in [-0.1, -0.05) is 30.0 Å². The molecule has 3 aromatic rings. The average molecular weight is 481 g/mol. The number of rotatable bonds is 7. The molecule has 0 saturated carbocycles. The van der Waals surface area contributed by atoms with Crippen molar-refractivity contribution in [1.82, 2.24) is 10.2 Å². The molecule has 6 nitrogen and oxygen atoms in total. The first-order chi connectivity index (χ1) is 12.6. The van der Waals surface area contributed by atoms with Crippen molar-refractivity contribution in [3.05, 3.63) is 63.6 Å². The number of para-hydroxylation sites is 1. The summed E-state index contributed by atoms with van der Waals surface area (Å²) in [6, 6.07) is 15.2. The van der Waals surface area contributed by atoms with Gasteiger partial charge in [0.25, 0.3) is 11.1 Å². The van der Waals surface area contributed by atoms with Crippen LogP contribution in [-0.2, 0) is 11.4 Å². The van der Waals surface area contributed by atoms with E-state index in [4.69, 9.17) is 9.15 Å². The van der Waals surface area contributed by atoms with E-state index in [0.29, 0.717) is 11.1 Å². The Morgan fingerprint density at radius 2 is 2.04 bits per heavy atom. The van der Waals surface area contributed by atoms with Crippen LogP contribution in [0.1, 0.15) is 11.5 Å². The molecule has 0 radical (unpaired) electrons. The summed E-state index contributed by atoms with van der Waals surface area (Å²) < 4.78 is 12.2. The van der Waals surface area contributed by atoms with Crippen molar-refractivity contribution in [2.45, 2.75) is 18.8 Å². The highest BCUT2D eigenvalue weighted by Crippen LogP contribution is 2.20. The number of halogens is 1. The number of anilines is 1. The lowest BCUT2D eigenvalue weighted by atomic mass is 10.2. The second-order valence-corrected chi connectivity index (χ2v) is 7.53. The molecule has 26 heavy (non-hydrogen) atoms. The maximum atomic E-state index is 12.1. The SMILES string of the molecule is Cc1cc(I)ccc1NC(=O)CSc1nnc(COc2ccccc2)o1. The number of carbonyl (C=O) groups excluding carboxylic acids is 1. The molecule has 1 N–H and O–H groups in total. The van der Waals surface area contributed by atoms with E-state index in [1.807, 2.05) is 55.5 Å². The average Bonchev–Trinajstić information content (AvgIpc) is 3.09. The second-order valence-electron chi connectivity index (χ2n) is 5.36. The molecule has 1 aromatic heterocycles. The predicted molar refractivity (Wildman–Crippen MR) is 108 cm³/mol. The number of benzene rings is 2. The van der Waals surface area contributed by atoms with E-state index in [1.165, 1.54) is 11.8 Å². The lowest BCUT2D eigenvalue weighted by Gasteiger charge is -2.07. The Labute approximate surface area is 168 Å². The third-order valence-corrected chi connectivity index (χ3v) is 4.83. The largest absolute Gasteiger partial charge is 0.484 e. The van der Waals surface area contributed by atoms with Crippen molar-refractivity contribution in [2.75, 3.05) is 11.1 Å². The van der Waals surface area contributed by atoms with E-state index in [9.17, 15) is 4.79 Å². The number of carbonyl (C=O) groups is 1. The summed E-state index contributed by atoms with van der Waals surface area (Å²) in [6.07, 6.45) is 0. The van der Waals surface area contributed by atoms with Crippen molar-refractivity contribution in [3.63, 3.8) is 0 Å². The fourth-order valence-electron chi connectivity index (χ4n) is 2.10. The molecule has 2 aromatic carbocycles. The van der Waals surface area contributed by atoms with Gasteiger partial charge in [-0.15, -0.1) is 10.2 Å². The third-order valence-electron chi connectivity index (χ3n) is 3.34. The maximum absolute atomic E-state index is 12.1. The quantitative estimate of drug-likeness (QED) is 0.401. The fraction of sp³-hybridized carbons (Fsp3) is 0.167. The highest BCUT2D eigenvalue weighted by molar-refractivity contribution is 14.1. The Morgan fingerprint density at radius 3 is 2.81 bits per heavy atom. The minimum absolute atomic E-state index is 0.125. The Hall–Kier alpha value is -2.07. The predicted octanol–water partition coefficient (Wildman–Crippen LogP) is 4.29. The molecular weight excluding hydrogens is 465 g/mol. The molecule has 3 rings (SSSR count). The van der Waals surface area contributed by atoms with Crippen LogP contribution in [-0.4, -0.2) is 21.9 Å². The molecular formula is C18H16IN3O3S. The molecule has 134 valence electrons. The number of aromatic nitrogens is 2. The molecule has 0 aliphatic carbocycles. The Morgan fingerprint density at radius 1 is 1.23 bits per heavy atom. The topological polar surface area (TPSA) is 77.2 Å². The number of aryl methyl sites for hydroxylation is 1. The van der Waals surface area contributed by atoms with E-state index in [0.717, 1.165) is 20.6 Å². The number of amides is 1.